The molecular formula is C13H20N2O5. The molecule has 0 fully saturated rings. The van der Waals surface area contributed by atoms with Crippen molar-refractivity contribution in [2.24, 2.45) is 0 Å². The molecule has 7 nitrogen and oxygen atoms in total. The molecular weight excluding hydrogens is 264 g/mol. The highest BCUT2D eigenvalue weighted by Crippen LogP contribution is 2.01. The maximum atomic E-state index is 12.0. The number of carbonyl (C=O) groups excluding carboxylic acids is 2. The SMILES string of the molecule is CCOC(=O)CN(CC(=O)n1oc(C)cc1=O)C(C)C. The van der Waals surface area contributed by atoms with Gasteiger partial charge in [-0.25, -0.2) is 0 Å². The zero-order chi connectivity index (χ0) is 15.3. The predicted octanol–water partition coefficient (Wildman–Crippen LogP) is 0.663. The van der Waals surface area contributed by atoms with Crippen molar-refractivity contribution in [1.82, 2.24) is 9.64 Å². The summed E-state index contributed by atoms with van der Waals surface area (Å²) in [5.74, 6) is -0.553. The molecule has 1 heterocycles. The third-order valence-electron chi connectivity index (χ3n) is 2.69. The van der Waals surface area contributed by atoms with Gasteiger partial charge in [0.25, 0.3) is 11.5 Å². The molecule has 0 aromatic carbocycles. The van der Waals surface area contributed by atoms with Crippen LogP contribution in [0.15, 0.2) is 15.4 Å². The molecule has 0 aliphatic rings. The Hall–Kier alpha value is -1.89. The summed E-state index contributed by atoms with van der Waals surface area (Å²) in [4.78, 5) is 36.6. The van der Waals surface area contributed by atoms with E-state index in [4.69, 9.17) is 9.26 Å². The monoisotopic (exact) mass is 284 g/mol. The average Bonchev–Trinajstić information content (AvgIpc) is 2.67. The first-order valence-electron chi connectivity index (χ1n) is 6.48. The van der Waals surface area contributed by atoms with Crippen LogP contribution in [-0.2, 0) is 9.53 Å². The number of hydrogen-bond donors (Lipinski definition) is 0. The fourth-order valence-electron chi connectivity index (χ4n) is 1.65. The first-order valence-corrected chi connectivity index (χ1v) is 6.48. The first kappa shape index (κ1) is 16.2. The summed E-state index contributed by atoms with van der Waals surface area (Å²) in [6, 6.07) is 1.19. The van der Waals surface area contributed by atoms with Crippen molar-refractivity contribution in [3.05, 3.63) is 22.2 Å². The average molecular weight is 284 g/mol. The summed E-state index contributed by atoms with van der Waals surface area (Å²) in [5, 5.41) is 0. The largest absolute Gasteiger partial charge is 0.465 e. The maximum absolute atomic E-state index is 12.0. The molecule has 0 atom stereocenters. The number of ether oxygens (including phenoxy) is 1. The van der Waals surface area contributed by atoms with Crippen LogP contribution in [0.4, 0.5) is 0 Å². The standard InChI is InChI=1S/C13H20N2O5/c1-5-19-13(18)8-14(9(2)3)7-12(17)15-11(16)6-10(4)20-15/h6,9H,5,7-8H2,1-4H3. The first-order chi connectivity index (χ1) is 9.35. The number of hydrogen-bond acceptors (Lipinski definition) is 6. The molecule has 0 amide bonds. The quantitative estimate of drug-likeness (QED) is 0.714. The zero-order valence-electron chi connectivity index (χ0n) is 12.2. The van der Waals surface area contributed by atoms with Gasteiger partial charge >= 0.3 is 5.97 Å². The van der Waals surface area contributed by atoms with Gasteiger partial charge in [0.2, 0.25) is 0 Å². The van der Waals surface area contributed by atoms with Crippen LogP contribution in [0.3, 0.4) is 0 Å². The predicted molar refractivity (Wildman–Crippen MR) is 71.7 cm³/mol. The Bertz CT molecular complexity index is 529. The van der Waals surface area contributed by atoms with Crippen molar-refractivity contribution in [3.8, 4) is 0 Å². The van der Waals surface area contributed by atoms with E-state index in [9.17, 15) is 14.4 Å². The summed E-state index contributed by atoms with van der Waals surface area (Å²) in [7, 11) is 0. The molecule has 1 rings (SSSR count). The van der Waals surface area contributed by atoms with Gasteiger partial charge in [0.05, 0.1) is 19.7 Å². The molecule has 20 heavy (non-hydrogen) atoms. The normalized spacial score (nSPS) is 11.1. The molecule has 1 aromatic rings. The van der Waals surface area contributed by atoms with Crippen LogP contribution in [-0.4, -0.2) is 47.3 Å². The number of rotatable bonds is 6. The molecule has 0 spiro atoms. The lowest BCUT2D eigenvalue weighted by Gasteiger charge is -2.23. The van der Waals surface area contributed by atoms with E-state index in [2.05, 4.69) is 0 Å². The van der Waals surface area contributed by atoms with Gasteiger partial charge in [0, 0.05) is 12.1 Å². The third-order valence-corrected chi connectivity index (χ3v) is 2.69. The van der Waals surface area contributed by atoms with Gasteiger partial charge in [-0.15, -0.1) is 4.74 Å². The van der Waals surface area contributed by atoms with Crippen molar-refractivity contribution < 1.29 is 18.8 Å². The fourth-order valence-corrected chi connectivity index (χ4v) is 1.65. The smallest absolute Gasteiger partial charge is 0.320 e. The van der Waals surface area contributed by atoms with Crippen LogP contribution in [0, 0.1) is 6.92 Å². The second-order valence-corrected chi connectivity index (χ2v) is 4.68. The van der Waals surface area contributed by atoms with E-state index in [-0.39, 0.29) is 25.7 Å². The molecule has 112 valence electrons. The Morgan fingerprint density at radius 3 is 2.50 bits per heavy atom. The van der Waals surface area contributed by atoms with Crippen LogP contribution in [0.25, 0.3) is 0 Å². The molecule has 0 aliphatic carbocycles. The Kier molecular flexibility index (Phi) is 5.69. The molecule has 7 heteroatoms. The molecule has 0 N–H and O–H groups in total. The van der Waals surface area contributed by atoms with Crippen LogP contribution < -0.4 is 5.56 Å². The summed E-state index contributed by atoms with van der Waals surface area (Å²) in [6.07, 6.45) is 0. The van der Waals surface area contributed by atoms with Gasteiger partial charge in [0.15, 0.2) is 0 Å². The lowest BCUT2D eigenvalue weighted by molar-refractivity contribution is -0.144. The second-order valence-electron chi connectivity index (χ2n) is 4.68. The summed E-state index contributed by atoms with van der Waals surface area (Å²) in [5.41, 5.74) is -0.507. The summed E-state index contributed by atoms with van der Waals surface area (Å²) >= 11 is 0. The van der Waals surface area contributed by atoms with E-state index in [1.807, 2.05) is 13.8 Å². The molecule has 0 saturated heterocycles. The van der Waals surface area contributed by atoms with E-state index in [0.29, 0.717) is 10.5 Å². The maximum Gasteiger partial charge on any atom is 0.320 e. The number of aryl methyl sites for hydroxylation is 1. The minimum atomic E-state index is -0.513. The van der Waals surface area contributed by atoms with E-state index >= 15 is 0 Å². The fraction of sp³-hybridized carbons (Fsp3) is 0.615. The van der Waals surface area contributed by atoms with Gasteiger partial charge in [-0.3, -0.25) is 19.3 Å². The van der Waals surface area contributed by atoms with E-state index in [1.165, 1.54) is 6.07 Å². The summed E-state index contributed by atoms with van der Waals surface area (Å²) < 4.78 is 10.6. The van der Waals surface area contributed by atoms with Crippen LogP contribution in [0.2, 0.25) is 0 Å². The van der Waals surface area contributed by atoms with E-state index < -0.39 is 17.4 Å². The Balaban J connectivity index is 2.75. The minimum Gasteiger partial charge on any atom is -0.465 e. The van der Waals surface area contributed by atoms with Gasteiger partial charge < -0.3 is 9.26 Å². The highest BCUT2D eigenvalue weighted by atomic mass is 16.5. The highest BCUT2D eigenvalue weighted by molar-refractivity contribution is 5.80. The number of nitrogens with zero attached hydrogens (tertiary/aromatic N) is 2. The van der Waals surface area contributed by atoms with Gasteiger partial charge in [-0.1, -0.05) is 0 Å². The summed E-state index contributed by atoms with van der Waals surface area (Å²) in [6.45, 7) is 7.19. The number of aromatic nitrogens is 1. The van der Waals surface area contributed by atoms with Crippen molar-refractivity contribution in [1.29, 1.82) is 0 Å². The van der Waals surface area contributed by atoms with E-state index in [0.717, 1.165) is 0 Å². The zero-order valence-corrected chi connectivity index (χ0v) is 12.2. The number of esters is 1. The molecule has 0 radical (unpaired) electrons. The molecule has 0 bridgehead atoms. The number of carbonyl (C=O) groups is 2. The minimum absolute atomic E-state index is 0.00825. The second kappa shape index (κ2) is 7.04. The van der Waals surface area contributed by atoms with Crippen molar-refractivity contribution >= 4 is 11.9 Å². The Morgan fingerprint density at radius 1 is 1.40 bits per heavy atom. The molecule has 0 unspecified atom stereocenters. The van der Waals surface area contributed by atoms with Crippen LogP contribution >= 0.6 is 0 Å². The highest BCUT2D eigenvalue weighted by Gasteiger charge is 2.21. The van der Waals surface area contributed by atoms with Crippen molar-refractivity contribution in [2.75, 3.05) is 19.7 Å². The molecule has 0 aliphatic heterocycles. The van der Waals surface area contributed by atoms with Crippen LogP contribution in [0.5, 0.6) is 0 Å². The molecule has 0 saturated carbocycles. The Labute approximate surface area is 117 Å². The topological polar surface area (TPSA) is 81.8 Å². The lowest BCUT2D eigenvalue weighted by Crippen LogP contribution is -2.42. The lowest BCUT2D eigenvalue weighted by atomic mass is 10.3. The van der Waals surface area contributed by atoms with E-state index in [1.54, 1.807) is 18.7 Å². The van der Waals surface area contributed by atoms with Gasteiger partial charge in [0.1, 0.15) is 5.76 Å². The third kappa shape index (κ3) is 4.34. The van der Waals surface area contributed by atoms with Gasteiger partial charge in [-0.05, 0) is 27.7 Å². The van der Waals surface area contributed by atoms with Gasteiger partial charge in [-0.2, -0.15) is 0 Å². The van der Waals surface area contributed by atoms with Crippen LogP contribution in [0.1, 0.15) is 31.3 Å². The van der Waals surface area contributed by atoms with Crippen molar-refractivity contribution in [3.63, 3.8) is 0 Å². The van der Waals surface area contributed by atoms with Crippen molar-refractivity contribution in [2.45, 2.75) is 33.7 Å². The Morgan fingerprint density at radius 2 is 2.05 bits per heavy atom. The molecule has 1 aromatic heterocycles.